The number of rotatable bonds is 5. The average molecular weight is 314 g/mol. The van der Waals surface area contributed by atoms with Crippen molar-refractivity contribution in [1.29, 1.82) is 0 Å². The topological polar surface area (TPSA) is 26.3 Å². The number of ether oxygens (including phenoxy) is 1. The Balaban J connectivity index is 1.71. The molecule has 0 aliphatic carbocycles. The Morgan fingerprint density at radius 1 is 0.792 bits per heavy atom. The zero-order valence-electron chi connectivity index (χ0n) is 13.5. The lowest BCUT2D eigenvalue weighted by molar-refractivity contribution is 0.104. The summed E-state index contributed by atoms with van der Waals surface area (Å²) in [5.74, 6) is 0.719. The molecule has 3 aromatic rings. The third-order valence-corrected chi connectivity index (χ3v) is 3.82. The van der Waals surface area contributed by atoms with Crippen molar-refractivity contribution in [2.75, 3.05) is 7.11 Å². The number of benzene rings is 3. The van der Waals surface area contributed by atoms with Crippen molar-refractivity contribution in [2.24, 2.45) is 0 Å². The molecule has 0 aliphatic heterocycles. The smallest absolute Gasteiger partial charge is 0.185 e. The highest BCUT2D eigenvalue weighted by Crippen LogP contribution is 2.20. The van der Waals surface area contributed by atoms with Gasteiger partial charge in [0, 0.05) is 5.56 Å². The van der Waals surface area contributed by atoms with E-state index in [0.29, 0.717) is 5.56 Å². The Kier molecular flexibility index (Phi) is 4.87. The van der Waals surface area contributed by atoms with Gasteiger partial charge in [-0.05, 0) is 47.0 Å². The minimum absolute atomic E-state index is 0.0233. The fourth-order valence-corrected chi connectivity index (χ4v) is 2.44. The van der Waals surface area contributed by atoms with E-state index >= 15 is 0 Å². The monoisotopic (exact) mass is 314 g/mol. The zero-order chi connectivity index (χ0) is 16.8. The Morgan fingerprint density at radius 3 is 2.04 bits per heavy atom. The molecule has 3 aromatic carbocycles. The molecule has 0 spiro atoms. The van der Waals surface area contributed by atoms with Crippen molar-refractivity contribution < 1.29 is 9.53 Å². The van der Waals surface area contributed by atoms with Gasteiger partial charge >= 0.3 is 0 Å². The number of allylic oxidation sites excluding steroid dienone is 1. The molecule has 0 heterocycles. The highest BCUT2D eigenvalue weighted by Gasteiger charge is 2.02. The summed E-state index contributed by atoms with van der Waals surface area (Å²) in [4.78, 5) is 12.2. The van der Waals surface area contributed by atoms with Gasteiger partial charge in [-0.3, -0.25) is 4.79 Å². The molecule has 0 saturated heterocycles. The van der Waals surface area contributed by atoms with Crippen LogP contribution in [0, 0.1) is 0 Å². The number of methoxy groups -OCH3 is 1. The zero-order valence-corrected chi connectivity index (χ0v) is 13.5. The van der Waals surface area contributed by atoms with Crippen LogP contribution in [0.1, 0.15) is 15.9 Å². The van der Waals surface area contributed by atoms with E-state index in [1.807, 2.05) is 36.4 Å². The number of hydrogen-bond acceptors (Lipinski definition) is 2. The maximum absolute atomic E-state index is 12.2. The largest absolute Gasteiger partial charge is 0.497 e. The van der Waals surface area contributed by atoms with E-state index in [1.54, 1.807) is 37.5 Å². The molecule has 0 N–H and O–H groups in total. The first-order chi connectivity index (χ1) is 11.8. The second-order valence-corrected chi connectivity index (χ2v) is 5.41. The fourth-order valence-electron chi connectivity index (χ4n) is 2.44. The molecule has 2 nitrogen and oxygen atoms in total. The molecular formula is C22H18O2. The number of hydrogen-bond donors (Lipinski definition) is 0. The fraction of sp³-hybridized carbons (Fsp3) is 0.0455. The molecule has 0 amide bonds. The van der Waals surface area contributed by atoms with Crippen LogP contribution < -0.4 is 4.74 Å². The van der Waals surface area contributed by atoms with Crippen LogP contribution in [0.3, 0.4) is 0 Å². The van der Waals surface area contributed by atoms with E-state index in [-0.39, 0.29) is 5.78 Å². The van der Waals surface area contributed by atoms with Crippen LogP contribution in [-0.4, -0.2) is 12.9 Å². The molecule has 3 rings (SSSR count). The lowest BCUT2D eigenvalue weighted by atomic mass is 10.0. The van der Waals surface area contributed by atoms with Crippen molar-refractivity contribution in [1.82, 2.24) is 0 Å². The van der Waals surface area contributed by atoms with E-state index in [4.69, 9.17) is 4.74 Å². The molecule has 0 saturated carbocycles. The van der Waals surface area contributed by atoms with Gasteiger partial charge in [-0.1, -0.05) is 60.7 Å². The Hall–Kier alpha value is -3.13. The molecule has 118 valence electrons. The molecule has 0 radical (unpaired) electrons. The Morgan fingerprint density at radius 2 is 1.42 bits per heavy atom. The van der Waals surface area contributed by atoms with Gasteiger partial charge in [0.05, 0.1) is 7.11 Å². The molecule has 0 aliphatic rings. The molecular weight excluding hydrogens is 296 g/mol. The van der Waals surface area contributed by atoms with Gasteiger partial charge in [0.2, 0.25) is 0 Å². The average Bonchev–Trinajstić information content (AvgIpc) is 2.67. The normalized spacial score (nSPS) is 10.7. The standard InChI is InChI=1S/C22H18O2/c1-24-21-14-12-20(13-15-21)22(23)16-9-17-7-10-19(11-8-17)18-5-3-2-4-6-18/h2-16H,1H3/b16-9+. The predicted molar refractivity (Wildman–Crippen MR) is 98.2 cm³/mol. The summed E-state index contributed by atoms with van der Waals surface area (Å²) >= 11 is 0. The molecule has 0 bridgehead atoms. The van der Waals surface area contributed by atoms with Gasteiger partial charge in [0.1, 0.15) is 5.75 Å². The summed E-state index contributed by atoms with van der Waals surface area (Å²) in [5, 5.41) is 0. The minimum atomic E-state index is -0.0233. The molecule has 0 aromatic heterocycles. The summed E-state index contributed by atoms with van der Waals surface area (Å²) in [7, 11) is 1.61. The highest BCUT2D eigenvalue weighted by molar-refractivity contribution is 6.06. The lowest BCUT2D eigenvalue weighted by Gasteiger charge is -2.02. The van der Waals surface area contributed by atoms with Crippen LogP contribution >= 0.6 is 0 Å². The highest BCUT2D eigenvalue weighted by atomic mass is 16.5. The number of carbonyl (C=O) groups excluding carboxylic acids is 1. The van der Waals surface area contributed by atoms with Crippen LogP contribution in [0.15, 0.2) is 84.9 Å². The summed E-state index contributed by atoms with van der Waals surface area (Å²) in [6.07, 6.45) is 3.43. The van der Waals surface area contributed by atoms with Gasteiger partial charge in [0.25, 0.3) is 0 Å². The van der Waals surface area contributed by atoms with E-state index in [9.17, 15) is 4.79 Å². The summed E-state index contributed by atoms with van der Waals surface area (Å²) in [6.45, 7) is 0. The number of carbonyl (C=O) groups is 1. The molecule has 0 unspecified atom stereocenters. The van der Waals surface area contributed by atoms with Gasteiger partial charge in [-0.2, -0.15) is 0 Å². The van der Waals surface area contributed by atoms with Crippen LogP contribution in [0.25, 0.3) is 17.2 Å². The first-order valence-corrected chi connectivity index (χ1v) is 7.78. The Bertz CT molecular complexity index is 829. The van der Waals surface area contributed by atoms with E-state index in [2.05, 4.69) is 24.3 Å². The Labute approximate surface area is 142 Å². The lowest BCUT2D eigenvalue weighted by Crippen LogP contribution is -1.94. The van der Waals surface area contributed by atoms with Gasteiger partial charge in [-0.25, -0.2) is 0 Å². The second-order valence-electron chi connectivity index (χ2n) is 5.41. The van der Waals surface area contributed by atoms with Crippen LogP contribution in [0.4, 0.5) is 0 Å². The van der Waals surface area contributed by atoms with E-state index < -0.39 is 0 Å². The third-order valence-electron chi connectivity index (χ3n) is 3.82. The van der Waals surface area contributed by atoms with Crippen molar-refractivity contribution in [3.63, 3.8) is 0 Å². The van der Waals surface area contributed by atoms with Gasteiger partial charge in [0.15, 0.2) is 5.78 Å². The van der Waals surface area contributed by atoms with Crippen LogP contribution in [0.5, 0.6) is 5.75 Å². The maximum Gasteiger partial charge on any atom is 0.185 e. The molecule has 24 heavy (non-hydrogen) atoms. The van der Waals surface area contributed by atoms with Crippen molar-refractivity contribution in [3.8, 4) is 16.9 Å². The van der Waals surface area contributed by atoms with Crippen molar-refractivity contribution in [2.45, 2.75) is 0 Å². The maximum atomic E-state index is 12.2. The van der Waals surface area contributed by atoms with Gasteiger partial charge < -0.3 is 4.74 Å². The van der Waals surface area contributed by atoms with Crippen LogP contribution in [-0.2, 0) is 0 Å². The summed E-state index contributed by atoms with van der Waals surface area (Å²) in [5.41, 5.74) is 3.99. The quantitative estimate of drug-likeness (QED) is 0.474. The van der Waals surface area contributed by atoms with E-state index in [1.165, 1.54) is 5.56 Å². The van der Waals surface area contributed by atoms with Crippen molar-refractivity contribution in [3.05, 3.63) is 96.1 Å². The summed E-state index contributed by atoms with van der Waals surface area (Å²) < 4.78 is 5.10. The molecule has 0 atom stereocenters. The first-order valence-electron chi connectivity index (χ1n) is 7.78. The minimum Gasteiger partial charge on any atom is -0.497 e. The molecule has 2 heteroatoms. The predicted octanol–water partition coefficient (Wildman–Crippen LogP) is 5.26. The SMILES string of the molecule is COc1ccc(C(=O)/C=C/c2ccc(-c3ccccc3)cc2)cc1. The second kappa shape index (κ2) is 7.42. The van der Waals surface area contributed by atoms with Gasteiger partial charge in [-0.15, -0.1) is 0 Å². The molecule has 0 fully saturated rings. The number of ketones is 1. The van der Waals surface area contributed by atoms with Crippen molar-refractivity contribution >= 4 is 11.9 Å². The third kappa shape index (κ3) is 3.79. The van der Waals surface area contributed by atoms with E-state index in [0.717, 1.165) is 16.9 Å². The summed E-state index contributed by atoms with van der Waals surface area (Å²) in [6, 6.07) is 25.5. The first kappa shape index (κ1) is 15.8. The van der Waals surface area contributed by atoms with Crippen LogP contribution in [0.2, 0.25) is 0 Å².